The maximum Gasteiger partial charge on any atom is 0.241 e. The first-order valence-electron chi connectivity index (χ1n) is 9.45. The average molecular weight is 383 g/mol. The molecule has 0 spiro atoms. The Bertz CT molecular complexity index is 891. The van der Waals surface area contributed by atoms with Gasteiger partial charge in [0.2, 0.25) is 17.6 Å². The van der Waals surface area contributed by atoms with Crippen LogP contribution in [0, 0.1) is 13.8 Å². The second kappa shape index (κ2) is 8.12. The number of piperazine rings is 1. The van der Waals surface area contributed by atoms with Crippen molar-refractivity contribution in [2.24, 2.45) is 0 Å². The van der Waals surface area contributed by atoms with Crippen LogP contribution in [0.2, 0.25) is 0 Å². The molecule has 0 atom stereocenters. The van der Waals surface area contributed by atoms with E-state index < -0.39 is 0 Å². The summed E-state index contributed by atoms with van der Waals surface area (Å²) in [5.74, 6) is 3.74. The largest absolute Gasteiger partial charge is 0.497 e. The van der Waals surface area contributed by atoms with E-state index in [0.717, 1.165) is 61.4 Å². The molecule has 28 heavy (non-hydrogen) atoms. The number of aromatic nitrogens is 3. The fourth-order valence-electron chi connectivity index (χ4n) is 3.27. The lowest BCUT2D eigenvalue weighted by molar-refractivity contribution is 0.105. The quantitative estimate of drug-likeness (QED) is 0.643. The Morgan fingerprint density at radius 1 is 0.929 bits per heavy atom. The minimum absolute atomic E-state index is 0.603. The first-order valence-corrected chi connectivity index (χ1v) is 9.45. The van der Waals surface area contributed by atoms with Crippen LogP contribution in [0.3, 0.4) is 0 Å². The molecule has 1 aliphatic rings. The van der Waals surface area contributed by atoms with Crippen molar-refractivity contribution in [3.8, 4) is 17.1 Å². The molecule has 2 aromatic heterocycles. The summed E-state index contributed by atoms with van der Waals surface area (Å²) >= 11 is 0. The van der Waals surface area contributed by atoms with Crippen LogP contribution >= 0.6 is 0 Å². The topological polar surface area (TPSA) is 80.7 Å². The van der Waals surface area contributed by atoms with Gasteiger partial charge in [-0.05, 0) is 38.1 Å². The highest BCUT2D eigenvalue weighted by atomic mass is 16.5. The zero-order valence-corrected chi connectivity index (χ0v) is 16.5. The molecule has 0 amide bonds. The van der Waals surface area contributed by atoms with Gasteiger partial charge in [-0.3, -0.25) is 9.80 Å². The maximum absolute atomic E-state index is 5.69. The molecule has 8 nitrogen and oxygen atoms in total. The summed E-state index contributed by atoms with van der Waals surface area (Å²) in [5.41, 5.74) is 1.88. The van der Waals surface area contributed by atoms with Gasteiger partial charge in [-0.15, -0.1) is 0 Å². The van der Waals surface area contributed by atoms with Gasteiger partial charge in [0, 0.05) is 31.7 Å². The zero-order chi connectivity index (χ0) is 19.5. The van der Waals surface area contributed by atoms with Crippen molar-refractivity contribution in [2.75, 3.05) is 33.3 Å². The van der Waals surface area contributed by atoms with E-state index in [4.69, 9.17) is 13.7 Å². The zero-order valence-electron chi connectivity index (χ0n) is 16.5. The fraction of sp³-hybridized carbons (Fsp3) is 0.450. The summed E-state index contributed by atoms with van der Waals surface area (Å²) < 4.78 is 16.3. The van der Waals surface area contributed by atoms with Crippen LogP contribution in [-0.4, -0.2) is 58.2 Å². The van der Waals surface area contributed by atoms with Crippen LogP contribution in [0.1, 0.15) is 23.2 Å². The Labute approximate surface area is 164 Å². The van der Waals surface area contributed by atoms with E-state index in [1.165, 1.54) is 0 Å². The Morgan fingerprint density at radius 2 is 1.57 bits per heavy atom. The van der Waals surface area contributed by atoms with Crippen molar-refractivity contribution in [2.45, 2.75) is 26.9 Å². The van der Waals surface area contributed by atoms with Crippen LogP contribution in [0.5, 0.6) is 5.75 Å². The van der Waals surface area contributed by atoms with Crippen LogP contribution in [0.4, 0.5) is 0 Å². The molecule has 3 heterocycles. The highest BCUT2D eigenvalue weighted by molar-refractivity contribution is 5.55. The molecule has 0 N–H and O–H groups in total. The lowest BCUT2D eigenvalue weighted by atomic mass is 10.2. The van der Waals surface area contributed by atoms with E-state index in [2.05, 4.69) is 24.9 Å². The summed E-state index contributed by atoms with van der Waals surface area (Å²) in [6.07, 6.45) is 0. The van der Waals surface area contributed by atoms with Crippen molar-refractivity contribution in [3.63, 3.8) is 0 Å². The summed E-state index contributed by atoms with van der Waals surface area (Å²) in [5, 5.41) is 4.10. The lowest BCUT2D eigenvalue weighted by Crippen LogP contribution is -2.45. The van der Waals surface area contributed by atoms with Crippen LogP contribution in [0.25, 0.3) is 11.4 Å². The molecule has 4 rings (SSSR count). The normalized spacial score (nSPS) is 15.8. The van der Waals surface area contributed by atoms with Crippen molar-refractivity contribution >= 4 is 0 Å². The number of hydrogen-bond donors (Lipinski definition) is 0. The molecule has 1 aliphatic heterocycles. The lowest BCUT2D eigenvalue weighted by Gasteiger charge is -2.33. The van der Waals surface area contributed by atoms with E-state index in [1.54, 1.807) is 7.11 Å². The third kappa shape index (κ3) is 4.23. The monoisotopic (exact) mass is 383 g/mol. The van der Waals surface area contributed by atoms with Gasteiger partial charge in [0.1, 0.15) is 11.5 Å². The number of aryl methyl sites for hydroxylation is 2. The van der Waals surface area contributed by atoms with E-state index >= 15 is 0 Å². The van der Waals surface area contributed by atoms with Crippen LogP contribution < -0.4 is 4.74 Å². The molecule has 148 valence electrons. The van der Waals surface area contributed by atoms with Gasteiger partial charge >= 0.3 is 0 Å². The highest BCUT2D eigenvalue weighted by Crippen LogP contribution is 2.20. The number of nitrogens with zero attached hydrogens (tertiary/aromatic N) is 5. The number of methoxy groups -OCH3 is 1. The highest BCUT2D eigenvalue weighted by Gasteiger charge is 2.21. The van der Waals surface area contributed by atoms with Crippen molar-refractivity contribution < 1.29 is 13.7 Å². The molecule has 0 aliphatic carbocycles. The Kier molecular flexibility index (Phi) is 5.40. The molecule has 1 aromatic carbocycles. The number of benzene rings is 1. The molecule has 0 bridgehead atoms. The second-order valence-electron chi connectivity index (χ2n) is 7.04. The summed E-state index contributed by atoms with van der Waals surface area (Å²) in [6.45, 7) is 9.15. The van der Waals surface area contributed by atoms with Crippen molar-refractivity contribution in [3.05, 3.63) is 47.5 Å². The minimum Gasteiger partial charge on any atom is -0.497 e. The Morgan fingerprint density at radius 3 is 2.14 bits per heavy atom. The summed E-state index contributed by atoms with van der Waals surface area (Å²) in [6, 6.07) is 7.64. The Hall–Kier alpha value is -2.71. The average Bonchev–Trinajstić information content (AvgIpc) is 3.30. The van der Waals surface area contributed by atoms with Gasteiger partial charge < -0.3 is 13.7 Å². The molecular formula is C20H25N5O3. The predicted molar refractivity (Wildman–Crippen MR) is 103 cm³/mol. The van der Waals surface area contributed by atoms with Gasteiger partial charge in [0.05, 0.1) is 25.9 Å². The Balaban J connectivity index is 1.29. The number of ether oxygens (including phenoxy) is 1. The van der Waals surface area contributed by atoms with Crippen molar-refractivity contribution in [1.82, 2.24) is 24.9 Å². The first-order chi connectivity index (χ1) is 13.6. The standard InChI is InChI=1S/C20H25N5O3/c1-14-15(2)27-18(21-14)12-24-8-10-25(11-9-24)13-19-22-20(23-28-19)16-4-6-17(26-3)7-5-16/h4-7H,8-13H2,1-3H3. The molecule has 3 aromatic rings. The van der Waals surface area contributed by atoms with E-state index in [-0.39, 0.29) is 0 Å². The molecular weight excluding hydrogens is 358 g/mol. The summed E-state index contributed by atoms with van der Waals surface area (Å²) in [7, 11) is 1.65. The first kappa shape index (κ1) is 18.6. The predicted octanol–water partition coefficient (Wildman–Crippen LogP) is 2.67. The van der Waals surface area contributed by atoms with Gasteiger partial charge in [-0.2, -0.15) is 4.98 Å². The van der Waals surface area contributed by atoms with E-state index in [0.29, 0.717) is 18.3 Å². The molecule has 1 fully saturated rings. The molecule has 0 radical (unpaired) electrons. The SMILES string of the molecule is COc1ccc(-c2noc(CN3CCN(Cc4nc(C)c(C)o4)CC3)n2)cc1. The summed E-state index contributed by atoms with van der Waals surface area (Å²) in [4.78, 5) is 13.7. The van der Waals surface area contributed by atoms with E-state index in [9.17, 15) is 0 Å². The number of rotatable bonds is 6. The van der Waals surface area contributed by atoms with Gasteiger partial charge in [-0.25, -0.2) is 4.98 Å². The molecule has 0 saturated carbocycles. The minimum atomic E-state index is 0.603. The number of hydrogen-bond acceptors (Lipinski definition) is 8. The smallest absolute Gasteiger partial charge is 0.241 e. The third-order valence-electron chi connectivity index (χ3n) is 5.07. The third-order valence-corrected chi connectivity index (χ3v) is 5.07. The van der Waals surface area contributed by atoms with Gasteiger partial charge in [0.15, 0.2) is 0 Å². The van der Waals surface area contributed by atoms with Gasteiger partial charge in [0.25, 0.3) is 0 Å². The van der Waals surface area contributed by atoms with Gasteiger partial charge in [-0.1, -0.05) is 5.16 Å². The van der Waals surface area contributed by atoms with Crippen LogP contribution in [0.15, 0.2) is 33.2 Å². The van der Waals surface area contributed by atoms with E-state index in [1.807, 2.05) is 38.1 Å². The molecule has 0 unspecified atom stereocenters. The second-order valence-corrected chi connectivity index (χ2v) is 7.04. The maximum atomic E-state index is 5.69. The number of oxazole rings is 1. The van der Waals surface area contributed by atoms with Crippen molar-refractivity contribution in [1.29, 1.82) is 0 Å². The fourth-order valence-corrected chi connectivity index (χ4v) is 3.27. The molecule has 1 saturated heterocycles. The molecule has 8 heteroatoms. The van der Waals surface area contributed by atoms with Crippen LogP contribution in [-0.2, 0) is 13.1 Å².